The summed E-state index contributed by atoms with van der Waals surface area (Å²) in [6, 6.07) is 5.17. The number of nitrogens with two attached hydrogens (primary N) is 1. The van der Waals surface area contributed by atoms with E-state index in [2.05, 4.69) is 4.74 Å². The molecule has 0 saturated carbocycles. The zero-order chi connectivity index (χ0) is 10.6. The maximum Gasteiger partial charge on any atom is 0.322 e. The fraction of sp³-hybridized carbons (Fsp3) is 0.300. The van der Waals surface area contributed by atoms with Crippen molar-refractivity contribution in [1.29, 1.82) is 0 Å². The molecule has 0 aliphatic heterocycles. The summed E-state index contributed by atoms with van der Waals surface area (Å²) in [6.45, 7) is 0. The minimum absolute atomic E-state index is 0.305. The van der Waals surface area contributed by atoms with Crippen molar-refractivity contribution in [2.75, 3.05) is 7.11 Å². The lowest BCUT2D eigenvalue weighted by Gasteiger charge is -2.08. The number of hydrogen-bond acceptors (Lipinski definition) is 3. The first-order valence-corrected chi connectivity index (χ1v) is 4.21. The van der Waals surface area contributed by atoms with Crippen molar-refractivity contribution in [2.24, 2.45) is 5.73 Å². The molecule has 1 atom stereocenters. The molecule has 1 aromatic carbocycles. The SMILES string of the molecule is COC(=O)C(N)Cc1ccc(F)cc1. The van der Waals surface area contributed by atoms with Crippen LogP contribution in [0.2, 0.25) is 0 Å². The van der Waals surface area contributed by atoms with Gasteiger partial charge in [0.25, 0.3) is 0 Å². The second-order valence-corrected chi connectivity index (χ2v) is 2.96. The molecule has 1 aromatic rings. The van der Waals surface area contributed by atoms with E-state index in [1.165, 1.54) is 19.2 Å². The van der Waals surface area contributed by atoms with Crippen LogP contribution in [0.4, 0.5) is 4.39 Å². The molecular weight excluding hydrogens is 185 g/mol. The molecule has 0 aromatic heterocycles. The lowest BCUT2D eigenvalue weighted by Crippen LogP contribution is -2.33. The summed E-state index contributed by atoms with van der Waals surface area (Å²) in [5.74, 6) is -0.769. The van der Waals surface area contributed by atoms with Crippen LogP contribution in [0.15, 0.2) is 24.3 Å². The number of carbonyl (C=O) groups is 1. The van der Waals surface area contributed by atoms with Gasteiger partial charge in [-0.2, -0.15) is 0 Å². The zero-order valence-electron chi connectivity index (χ0n) is 7.87. The third kappa shape index (κ3) is 2.81. The minimum Gasteiger partial charge on any atom is -0.468 e. The molecule has 0 amide bonds. The van der Waals surface area contributed by atoms with E-state index in [9.17, 15) is 9.18 Å². The van der Waals surface area contributed by atoms with Crippen LogP contribution < -0.4 is 5.73 Å². The van der Waals surface area contributed by atoms with Crippen molar-refractivity contribution in [2.45, 2.75) is 12.5 Å². The first kappa shape index (κ1) is 10.7. The monoisotopic (exact) mass is 197 g/mol. The Hall–Kier alpha value is -1.42. The zero-order valence-corrected chi connectivity index (χ0v) is 7.87. The lowest BCUT2D eigenvalue weighted by molar-refractivity contribution is -0.142. The molecule has 76 valence electrons. The van der Waals surface area contributed by atoms with Gasteiger partial charge in [-0.3, -0.25) is 4.79 Å². The van der Waals surface area contributed by atoms with E-state index < -0.39 is 12.0 Å². The molecule has 2 N–H and O–H groups in total. The minimum atomic E-state index is -0.689. The molecule has 1 unspecified atom stereocenters. The van der Waals surface area contributed by atoms with Gasteiger partial charge in [0.2, 0.25) is 0 Å². The van der Waals surface area contributed by atoms with E-state index in [0.29, 0.717) is 6.42 Å². The molecule has 0 aliphatic rings. The molecule has 0 heterocycles. The van der Waals surface area contributed by atoms with Crippen LogP contribution in [-0.2, 0) is 16.0 Å². The number of ether oxygens (including phenoxy) is 1. The standard InChI is InChI=1S/C10H12FNO2/c1-14-10(13)9(12)6-7-2-4-8(11)5-3-7/h2-5,9H,6,12H2,1H3. The predicted octanol–water partition coefficient (Wildman–Crippen LogP) is 0.868. The van der Waals surface area contributed by atoms with Gasteiger partial charge in [0.15, 0.2) is 0 Å². The Morgan fingerprint density at radius 2 is 2.07 bits per heavy atom. The van der Waals surface area contributed by atoms with Crippen LogP contribution in [0.5, 0.6) is 0 Å². The van der Waals surface area contributed by atoms with Crippen molar-refractivity contribution in [3.05, 3.63) is 35.6 Å². The van der Waals surface area contributed by atoms with Gasteiger partial charge in [-0.05, 0) is 24.1 Å². The van der Waals surface area contributed by atoms with Crippen molar-refractivity contribution in [3.63, 3.8) is 0 Å². The third-order valence-corrected chi connectivity index (χ3v) is 1.87. The van der Waals surface area contributed by atoms with Gasteiger partial charge in [-0.25, -0.2) is 4.39 Å². The summed E-state index contributed by atoms with van der Waals surface area (Å²) < 4.78 is 17.0. The average molecular weight is 197 g/mol. The summed E-state index contributed by atoms with van der Waals surface area (Å²) in [7, 11) is 1.28. The molecule has 3 nitrogen and oxygen atoms in total. The Kier molecular flexibility index (Phi) is 3.59. The summed E-state index contributed by atoms with van der Waals surface area (Å²) >= 11 is 0. The molecule has 4 heteroatoms. The van der Waals surface area contributed by atoms with Crippen molar-refractivity contribution >= 4 is 5.97 Å². The van der Waals surface area contributed by atoms with Gasteiger partial charge in [-0.15, -0.1) is 0 Å². The summed E-state index contributed by atoms with van der Waals surface area (Å²) in [6.07, 6.45) is 0.354. The molecule has 14 heavy (non-hydrogen) atoms. The summed E-state index contributed by atoms with van der Waals surface area (Å²) in [5.41, 5.74) is 6.34. The fourth-order valence-corrected chi connectivity index (χ4v) is 1.11. The van der Waals surface area contributed by atoms with Crippen LogP contribution in [0.3, 0.4) is 0 Å². The molecule has 0 fully saturated rings. The van der Waals surface area contributed by atoms with Gasteiger partial charge in [0, 0.05) is 0 Å². The Bertz CT molecular complexity index is 310. The molecule has 0 radical (unpaired) electrons. The quantitative estimate of drug-likeness (QED) is 0.731. The van der Waals surface area contributed by atoms with Gasteiger partial charge >= 0.3 is 5.97 Å². The van der Waals surface area contributed by atoms with Gasteiger partial charge in [0.1, 0.15) is 11.9 Å². The predicted molar refractivity (Wildman–Crippen MR) is 50.1 cm³/mol. The largest absolute Gasteiger partial charge is 0.468 e. The highest BCUT2D eigenvalue weighted by Crippen LogP contribution is 2.05. The Morgan fingerprint density at radius 1 is 1.50 bits per heavy atom. The number of rotatable bonds is 3. The van der Waals surface area contributed by atoms with Gasteiger partial charge in [-0.1, -0.05) is 12.1 Å². The van der Waals surface area contributed by atoms with Crippen LogP contribution in [0, 0.1) is 5.82 Å². The second-order valence-electron chi connectivity index (χ2n) is 2.96. The smallest absolute Gasteiger partial charge is 0.322 e. The average Bonchev–Trinajstić information content (AvgIpc) is 2.20. The number of hydrogen-bond donors (Lipinski definition) is 1. The fourth-order valence-electron chi connectivity index (χ4n) is 1.11. The number of carbonyl (C=O) groups excluding carboxylic acids is 1. The van der Waals surface area contributed by atoms with Gasteiger partial charge < -0.3 is 10.5 Å². The van der Waals surface area contributed by atoms with E-state index in [4.69, 9.17) is 5.73 Å². The van der Waals surface area contributed by atoms with E-state index in [1.54, 1.807) is 12.1 Å². The Morgan fingerprint density at radius 3 is 2.57 bits per heavy atom. The third-order valence-electron chi connectivity index (χ3n) is 1.87. The summed E-state index contributed by atoms with van der Waals surface area (Å²) in [4.78, 5) is 11.0. The van der Waals surface area contributed by atoms with Crippen LogP contribution >= 0.6 is 0 Å². The van der Waals surface area contributed by atoms with Crippen molar-refractivity contribution < 1.29 is 13.9 Å². The first-order chi connectivity index (χ1) is 6.63. The van der Waals surface area contributed by atoms with Gasteiger partial charge in [0.05, 0.1) is 7.11 Å². The normalized spacial score (nSPS) is 12.2. The molecule has 0 spiro atoms. The van der Waals surface area contributed by atoms with Crippen LogP contribution in [-0.4, -0.2) is 19.1 Å². The topological polar surface area (TPSA) is 52.3 Å². The van der Waals surface area contributed by atoms with E-state index in [-0.39, 0.29) is 5.82 Å². The van der Waals surface area contributed by atoms with Crippen LogP contribution in [0.25, 0.3) is 0 Å². The molecule has 1 rings (SSSR count). The molecule has 0 bridgehead atoms. The summed E-state index contributed by atoms with van der Waals surface area (Å²) in [5, 5.41) is 0. The number of halogens is 1. The van der Waals surface area contributed by atoms with Crippen molar-refractivity contribution in [1.82, 2.24) is 0 Å². The maximum atomic E-state index is 12.5. The molecule has 0 aliphatic carbocycles. The van der Waals surface area contributed by atoms with Crippen LogP contribution in [0.1, 0.15) is 5.56 Å². The molecule has 0 saturated heterocycles. The maximum absolute atomic E-state index is 12.5. The Labute approximate surface area is 81.7 Å². The van der Waals surface area contributed by atoms with E-state index in [0.717, 1.165) is 5.56 Å². The first-order valence-electron chi connectivity index (χ1n) is 4.21. The van der Waals surface area contributed by atoms with E-state index in [1.807, 2.05) is 0 Å². The second kappa shape index (κ2) is 4.72. The highest BCUT2D eigenvalue weighted by molar-refractivity contribution is 5.75. The highest BCUT2D eigenvalue weighted by atomic mass is 19.1. The lowest BCUT2D eigenvalue weighted by atomic mass is 10.1. The highest BCUT2D eigenvalue weighted by Gasteiger charge is 2.13. The number of esters is 1. The Balaban J connectivity index is 2.60. The van der Waals surface area contributed by atoms with Crippen molar-refractivity contribution in [3.8, 4) is 0 Å². The number of benzene rings is 1. The molecular formula is C10H12FNO2. The number of methoxy groups -OCH3 is 1. The van der Waals surface area contributed by atoms with E-state index >= 15 is 0 Å².